The van der Waals surface area contributed by atoms with Crippen molar-refractivity contribution in [3.63, 3.8) is 0 Å². The van der Waals surface area contributed by atoms with Crippen LogP contribution in [0.5, 0.6) is 5.75 Å². The number of halogens is 1. The number of carbonyl (C=O) groups excluding carboxylic acids is 3. The van der Waals surface area contributed by atoms with Crippen LogP contribution in [0.2, 0.25) is 5.02 Å². The van der Waals surface area contributed by atoms with Gasteiger partial charge < -0.3 is 20.3 Å². The topological polar surface area (TPSA) is 87.7 Å². The Balaban J connectivity index is 1.73. The Labute approximate surface area is 174 Å². The van der Waals surface area contributed by atoms with E-state index in [9.17, 15) is 14.4 Å². The van der Waals surface area contributed by atoms with Gasteiger partial charge in [-0.1, -0.05) is 17.7 Å². The molecule has 0 aliphatic carbocycles. The molecule has 152 valence electrons. The van der Waals surface area contributed by atoms with Crippen molar-refractivity contribution >= 4 is 46.4 Å². The quantitative estimate of drug-likeness (QED) is 0.780. The molecule has 0 aromatic heterocycles. The van der Waals surface area contributed by atoms with Crippen molar-refractivity contribution in [1.29, 1.82) is 0 Å². The third-order valence-electron chi connectivity index (χ3n) is 4.67. The minimum absolute atomic E-state index is 0.102. The van der Waals surface area contributed by atoms with Gasteiger partial charge in [0.2, 0.25) is 17.7 Å². The Bertz CT molecular complexity index is 976. The number of methoxy groups -OCH3 is 1. The van der Waals surface area contributed by atoms with E-state index in [1.165, 1.54) is 6.92 Å². The van der Waals surface area contributed by atoms with Gasteiger partial charge in [-0.2, -0.15) is 0 Å². The average Bonchev–Trinajstić information content (AvgIpc) is 3.05. The lowest BCUT2D eigenvalue weighted by Crippen LogP contribution is -2.28. The molecule has 2 aromatic rings. The van der Waals surface area contributed by atoms with Gasteiger partial charge in [-0.3, -0.25) is 14.4 Å². The molecule has 2 N–H and O–H groups in total. The summed E-state index contributed by atoms with van der Waals surface area (Å²) in [6.45, 7) is 3.59. The van der Waals surface area contributed by atoms with Gasteiger partial charge in [0.1, 0.15) is 5.75 Å². The molecule has 1 aliphatic rings. The van der Waals surface area contributed by atoms with Crippen LogP contribution in [0, 0.1) is 12.8 Å². The van der Waals surface area contributed by atoms with Gasteiger partial charge in [0.15, 0.2) is 0 Å². The number of nitrogens with zero attached hydrogens (tertiary/aromatic N) is 1. The molecule has 3 rings (SSSR count). The number of rotatable bonds is 5. The third kappa shape index (κ3) is 4.68. The minimum atomic E-state index is -0.515. The van der Waals surface area contributed by atoms with Gasteiger partial charge in [0.05, 0.1) is 29.4 Å². The molecule has 1 heterocycles. The fourth-order valence-electron chi connectivity index (χ4n) is 3.26. The van der Waals surface area contributed by atoms with Crippen LogP contribution in [0.3, 0.4) is 0 Å². The zero-order chi connectivity index (χ0) is 21.1. The molecule has 1 saturated heterocycles. The molecule has 7 nitrogen and oxygen atoms in total. The van der Waals surface area contributed by atoms with Crippen molar-refractivity contribution in [2.75, 3.05) is 29.2 Å². The third-order valence-corrected chi connectivity index (χ3v) is 4.98. The fourth-order valence-corrected chi connectivity index (χ4v) is 3.49. The minimum Gasteiger partial charge on any atom is -0.495 e. The fraction of sp³-hybridized carbons (Fsp3) is 0.286. The molecule has 0 bridgehead atoms. The predicted molar refractivity (Wildman–Crippen MR) is 113 cm³/mol. The normalized spacial score (nSPS) is 15.9. The highest BCUT2D eigenvalue weighted by atomic mass is 35.5. The smallest absolute Gasteiger partial charge is 0.229 e. The summed E-state index contributed by atoms with van der Waals surface area (Å²) in [6.07, 6.45) is 0.102. The maximum absolute atomic E-state index is 12.7. The molecule has 29 heavy (non-hydrogen) atoms. The molecule has 0 saturated carbocycles. The van der Waals surface area contributed by atoms with Crippen molar-refractivity contribution in [3.05, 3.63) is 47.0 Å². The summed E-state index contributed by atoms with van der Waals surface area (Å²) in [6, 6.07) is 10.4. The average molecular weight is 416 g/mol. The number of carbonyl (C=O) groups is 3. The van der Waals surface area contributed by atoms with Crippen molar-refractivity contribution in [3.8, 4) is 5.75 Å². The highest BCUT2D eigenvalue weighted by Crippen LogP contribution is 2.34. The molecule has 8 heteroatoms. The number of hydrogen-bond donors (Lipinski definition) is 2. The molecule has 0 radical (unpaired) electrons. The van der Waals surface area contributed by atoms with Crippen LogP contribution in [0.1, 0.15) is 18.9 Å². The van der Waals surface area contributed by atoms with Gasteiger partial charge in [0.25, 0.3) is 0 Å². The number of aryl methyl sites for hydroxylation is 1. The summed E-state index contributed by atoms with van der Waals surface area (Å²) in [5.74, 6) is -0.572. The summed E-state index contributed by atoms with van der Waals surface area (Å²) in [5, 5.41) is 5.70. The van der Waals surface area contributed by atoms with E-state index in [0.717, 1.165) is 5.56 Å². The lowest BCUT2D eigenvalue weighted by Gasteiger charge is -2.20. The van der Waals surface area contributed by atoms with E-state index in [1.807, 2.05) is 25.1 Å². The Morgan fingerprint density at radius 3 is 2.59 bits per heavy atom. The summed E-state index contributed by atoms with van der Waals surface area (Å²) in [4.78, 5) is 38.0. The van der Waals surface area contributed by atoms with Crippen molar-refractivity contribution in [1.82, 2.24) is 0 Å². The number of hydrogen-bond acceptors (Lipinski definition) is 4. The molecule has 1 aliphatic heterocycles. The van der Waals surface area contributed by atoms with Crippen LogP contribution in [0.15, 0.2) is 36.4 Å². The second-order valence-corrected chi connectivity index (χ2v) is 7.35. The molecule has 1 atom stereocenters. The van der Waals surface area contributed by atoms with E-state index in [-0.39, 0.29) is 30.7 Å². The monoisotopic (exact) mass is 415 g/mol. The second-order valence-electron chi connectivity index (χ2n) is 6.95. The highest BCUT2D eigenvalue weighted by Gasteiger charge is 2.36. The first kappa shape index (κ1) is 20.7. The van der Waals surface area contributed by atoms with E-state index in [0.29, 0.717) is 27.8 Å². The highest BCUT2D eigenvalue weighted by molar-refractivity contribution is 6.34. The van der Waals surface area contributed by atoms with E-state index in [2.05, 4.69) is 10.6 Å². The van der Waals surface area contributed by atoms with E-state index in [1.54, 1.807) is 30.2 Å². The molecule has 0 spiro atoms. The molecular weight excluding hydrogens is 394 g/mol. The Morgan fingerprint density at radius 2 is 1.93 bits per heavy atom. The lowest BCUT2D eigenvalue weighted by atomic mass is 10.1. The number of nitrogens with one attached hydrogen (secondary N) is 2. The largest absolute Gasteiger partial charge is 0.495 e. The lowest BCUT2D eigenvalue weighted by molar-refractivity contribution is -0.122. The molecule has 2 aromatic carbocycles. The summed E-state index contributed by atoms with van der Waals surface area (Å²) in [5.41, 5.74) is 2.61. The second kappa shape index (κ2) is 8.53. The zero-order valence-corrected chi connectivity index (χ0v) is 17.2. The maximum atomic E-state index is 12.7. The van der Waals surface area contributed by atoms with Gasteiger partial charge in [0, 0.05) is 25.6 Å². The van der Waals surface area contributed by atoms with Crippen LogP contribution < -0.4 is 20.3 Å². The standard InChI is InChI=1S/C21H22ClN3O4/c1-12-4-7-19(29-3)18(8-12)25-11-14(9-20(25)27)21(28)24-17-6-5-15(10-16(17)22)23-13(2)26/h4-8,10,14H,9,11H2,1-3H3,(H,23,26)(H,24,28). The van der Waals surface area contributed by atoms with Crippen LogP contribution >= 0.6 is 11.6 Å². The molecule has 1 unspecified atom stereocenters. The number of anilines is 3. The van der Waals surface area contributed by atoms with Gasteiger partial charge in [-0.15, -0.1) is 0 Å². The molecule has 1 fully saturated rings. The van der Waals surface area contributed by atoms with Crippen molar-refractivity contribution in [2.24, 2.45) is 5.92 Å². The maximum Gasteiger partial charge on any atom is 0.229 e. The van der Waals surface area contributed by atoms with Crippen LogP contribution in [0.4, 0.5) is 17.1 Å². The van der Waals surface area contributed by atoms with E-state index < -0.39 is 5.92 Å². The molecular formula is C21H22ClN3O4. The zero-order valence-electron chi connectivity index (χ0n) is 16.4. The van der Waals surface area contributed by atoms with Crippen LogP contribution in [-0.2, 0) is 14.4 Å². The van der Waals surface area contributed by atoms with E-state index >= 15 is 0 Å². The van der Waals surface area contributed by atoms with E-state index in [4.69, 9.17) is 16.3 Å². The number of ether oxygens (including phenoxy) is 1. The Morgan fingerprint density at radius 1 is 1.17 bits per heavy atom. The number of benzene rings is 2. The first-order valence-electron chi connectivity index (χ1n) is 9.11. The van der Waals surface area contributed by atoms with Gasteiger partial charge in [-0.25, -0.2) is 0 Å². The van der Waals surface area contributed by atoms with Gasteiger partial charge in [-0.05, 0) is 42.8 Å². The van der Waals surface area contributed by atoms with Crippen LogP contribution in [0.25, 0.3) is 0 Å². The Kier molecular flexibility index (Phi) is 6.08. The first-order valence-corrected chi connectivity index (χ1v) is 9.49. The van der Waals surface area contributed by atoms with Crippen LogP contribution in [-0.4, -0.2) is 31.4 Å². The first-order chi connectivity index (χ1) is 13.8. The number of amides is 3. The summed E-state index contributed by atoms with van der Waals surface area (Å²) >= 11 is 6.21. The SMILES string of the molecule is COc1ccc(C)cc1N1CC(C(=O)Nc2ccc(NC(C)=O)cc2Cl)CC1=O. The predicted octanol–water partition coefficient (Wildman–Crippen LogP) is 3.61. The summed E-state index contributed by atoms with van der Waals surface area (Å²) < 4.78 is 5.36. The Hall–Kier alpha value is -3.06. The van der Waals surface area contributed by atoms with Crippen molar-refractivity contribution < 1.29 is 19.1 Å². The van der Waals surface area contributed by atoms with Gasteiger partial charge >= 0.3 is 0 Å². The van der Waals surface area contributed by atoms with Crippen molar-refractivity contribution in [2.45, 2.75) is 20.3 Å². The summed E-state index contributed by atoms with van der Waals surface area (Å²) in [7, 11) is 1.55. The molecule has 3 amide bonds.